The molecule has 3 N–H and O–H groups in total. The van der Waals surface area contributed by atoms with Crippen molar-refractivity contribution in [2.75, 3.05) is 44.4 Å². The summed E-state index contributed by atoms with van der Waals surface area (Å²) in [4.78, 5) is 6.32. The molecule has 5 nitrogen and oxygen atoms in total. The van der Waals surface area contributed by atoms with Crippen LogP contribution >= 0.6 is 15.9 Å². The van der Waals surface area contributed by atoms with E-state index in [1.807, 2.05) is 0 Å². The summed E-state index contributed by atoms with van der Waals surface area (Å²) in [6, 6.07) is 0. The summed E-state index contributed by atoms with van der Waals surface area (Å²) >= 11 is 3.44. The summed E-state index contributed by atoms with van der Waals surface area (Å²) in [6.07, 6.45) is 3.40. The molecule has 0 radical (unpaired) electrons. The van der Waals surface area contributed by atoms with Gasteiger partial charge in [-0.25, -0.2) is 5.01 Å². The summed E-state index contributed by atoms with van der Waals surface area (Å²) in [5, 5.41) is 2.18. The second-order valence-corrected chi connectivity index (χ2v) is 4.84. The van der Waals surface area contributed by atoms with Gasteiger partial charge < -0.3 is 16.1 Å². The number of aromatic nitrogens is 1. The fourth-order valence-corrected chi connectivity index (χ4v) is 2.08. The third-order valence-corrected chi connectivity index (χ3v) is 3.30. The van der Waals surface area contributed by atoms with E-state index in [0.717, 1.165) is 36.3 Å². The van der Waals surface area contributed by atoms with Crippen molar-refractivity contribution in [3.05, 3.63) is 16.9 Å². The molecule has 1 aliphatic rings. The highest BCUT2D eigenvalue weighted by atomic mass is 79.9. The molecule has 88 valence electrons. The van der Waals surface area contributed by atoms with Crippen LogP contribution in [0.4, 0.5) is 11.4 Å². The van der Waals surface area contributed by atoms with E-state index < -0.39 is 0 Å². The molecule has 0 atom stereocenters. The summed E-state index contributed by atoms with van der Waals surface area (Å²) in [5.41, 5.74) is 10.8. The lowest BCUT2D eigenvalue weighted by Crippen LogP contribution is -2.47. The van der Waals surface area contributed by atoms with Crippen molar-refractivity contribution >= 4 is 27.3 Å². The van der Waals surface area contributed by atoms with Crippen molar-refractivity contribution in [1.29, 1.82) is 0 Å². The van der Waals surface area contributed by atoms with E-state index in [1.54, 1.807) is 12.4 Å². The van der Waals surface area contributed by atoms with Gasteiger partial charge >= 0.3 is 0 Å². The van der Waals surface area contributed by atoms with E-state index >= 15 is 0 Å². The highest BCUT2D eigenvalue weighted by molar-refractivity contribution is 9.10. The predicted octanol–water partition coefficient (Wildman–Crippen LogP) is 1.00. The van der Waals surface area contributed by atoms with E-state index in [4.69, 9.17) is 5.73 Å². The second kappa shape index (κ2) is 4.99. The van der Waals surface area contributed by atoms with Gasteiger partial charge in [0.15, 0.2) is 0 Å². The molecule has 2 heterocycles. The molecule has 1 fully saturated rings. The van der Waals surface area contributed by atoms with Crippen LogP contribution in [0.15, 0.2) is 16.9 Å². The first-order valence-electron chi connectivity index (χ1n) is 5.26. The number of likely N-dealkylation sites (N-methyl/N-ethyl adjacent to an activating group) is 1. The summed E-state index contributed by atoms with van der Waals surface area (Å²) in [6.45, 7) is 4.11. The van der Waals surface area contributed by atoms with Crippen LogP contribution in [0.5, 0.6) is 0 Å². The zero-order valence-corrected chi connectivity index (χ0v) is 10.9. The van der Waals surface area contributed by atoms with Crippen molar-refractivity contribution in [2.24, 2.45) is 0 Å². The Bertz CT molecular complexity index is 342. The van der Waals surface area contributed by atoms with Crippen LogP contribution in [0, 0.1) is 0 Å². The molecule has 0 bridgehead atoms. The van der Waals surface area contributed by atoms with Crippen LogP contribution in [0.2, 0.25) is 0 Å². The molecule has 2 rings (SSSR count). The number of anilines is 2. The zero-order valence-electron chi connectivity index (χ0n) is 9.28. The molecule has 16 heavy (non-hydrogen) atoms. The largest absolute Gasteiger partial charge is 0.396 e. The van der Waals surface area contributed by atoms with Gasteiger partial charge in [0, 0.05) is 32.4 Å². The summed E-state index contributed by atoms with van der Waals surface area (Å²) < 4.78 is 0.895. The van der Waals surface area contributed by atoms with Crippen LogP contribution in [0.25, 0.3) is 0 Å². The van der Waals surface area contributed by atoms with Gasteiger partial charge in [-0.05, 0) is 23.0 Å². The lowest BCUT2D eigenvalue weighted by atomic mass is 10.3. The van der Waals surface area contributed by atoms with E-state index in [9.17, 15) is 0 Å². The van der Waals surface area contributed by atoms with Crippen LogP contribution in [0.1, 0.15) is 0 Å². The number of nitrogen functional groups attached to an aromatic ring is 1. The number of hydrogen-bond donors (Lipinski definition) is 2. The average Bonchev–Trinajstić information content (AvgIpc) is 2.26. The molecule has 6 heteroatoms. The van der Waals surface area contributed by atoms with Gasteiger partial charge in [-0.3, -0.25) is 4.98 Å². The van der Waals surface area contributed by atoms with Crippen molar-refractivity contribution in [1.82, 2.24) is 14.9 Å². The number of rotatable bonds is 2. The van der Waals surface area contributed by atoms with E-state index in [0.29, 0.717) is 5.69 Å². The molecule has 1 aliphatic heterocycles. The first-order chi connectivity index (χ1) is 7.66. The third-order valence-electron chi connectivity index (χ3n) is 2.70. The minimum absolute atomic E-state index is 0.660. The number of piperazine rings is 1. The molecule has 0 saturated carbocycles. The van der Waals surface area contributed by atoms with Gasteiger partial charge in [0.1, 0.15) is 0 Å². The van der Waals surface area contributed by atoms with Gasteiger partial charge in [0.2, 0.25) is 0 Å². The number of hydrazine groups is 1. The van der Waals surface area contributed by atoms with Gasteiger partial charge in [-0.2, -0.15) is 0 Å². The maximum absolute atomic E-state index is 5.87. The summed E-state index contributed by atoms with van der Waals surface area (Å²) in [5.74, 6) is 0. The molecule has 0 aromatic carbocycles. The van der Waals surface area contributed by atoms with Crippen LogP contribution < -0.4 is 11.2 Å². The fraction of sp³-hybridized carbons (Fsp3) is 0.500. The summed E-state index contributed by atoms with van der Waals surface area (Å²) in [7, 11) is 2.13. The SMILES string of the molecule is CN1CCN(Nc2c(N)cncc2Br)CC1. The van der Waals surface area contributed by atoms with E-state index in [2.05, 4.69) is 43.3 Å². The number of pyridine rings is 1. The van der Waals surface area contributed by atoms with Crippen molar-refractivity contribution in [3.8, 4) is 0 Å². The van der Waals surface area contributed by atoms with Gasteiger partial charge in [-0.1, -0.05) is 0 Å². The number of nitrogens with zero attached hydrogens (tertiary/aromatic N) is 3. The highest BCUT2D eigenvalue weighted by Gasteiger charge is 2.15. The highest BCUT2D eigenvalue weighted by Crippen LogP contribution is 2.27. The van der Waals surface area contributed by atoms with Crippen LogP contribution in [-0.4, -0.2) is 48.1 Å². The maximum atomic E-state index is 5.87. The van der Waals surface area contributed by atoms with Crippen molar-refractivity contribution in [2.45, 2.75) is 0 Å². The van der Waals surface area contributed by atoms with Crippen LogP contribution in [0.3, 0.4) is 0 Å². The second-order valence-electron chi connectivity index (χ2n) is 3.99. The molecule has 1 aromatic rings. The minimum Gasteiger partial charge on any atom is -0.396 e. The maximum Gasteiger partial charge on any atom is 0.0895 e. The Morgan fingerprint density at radius 3 is 2.62 bits per heavy atom. The normalized spacial score (nSPS) is 18.6. The standard InChI is InChI=1S/C10H16BrN5/c1-15-2-4-16(5-3-15)14-10-8(11)6-13-7-9(10)12/h6-7H,2-5,12H2,1H3,(H,13,14). The van der Waals surface area contributed by atoms with E-state index in [-0.39, 0.29) is 0 Å². The molecule has 0 unspecified atom stereocenters. The Morgan fingerprint density at radius 2 is 2.00 bits per heavy atom. The first kappa shape index (κ1) is 11.6. The number of halogens is 1. The molecule has 0 aliphatic carbocycles. The minimum atomic E-state index is 0.660. The zero-order chi connectivity index (χ0) is 11.5. The predicted molar refractivity (Wildman–Crippen MR) is 69.0 cm³/mol. The fourth-order valence-electron chi connectivity index (χ4n) is 1.64. The Balaban J connectivity index is 2.04. The van der Waals surface area contributed by atoms with Crippen LogP contribution in [-0.2, 0) is 0 Å². The molecule has 0 amide bonds. The van der Waals surface area contributed by atoms with Gasteiger partial charge in [-0.15, -0.1) is 0 Å². The molecular formula is C10H16BrN5. The Morgan fingerprint density at radius 1 is 1.31 bits per heavy atom. The monoisotopic (exact) mass is 285 g/mol. The Labute approximate surface area is 104 Å². The lowest BCUT2D eigenvalue weighted by Gasteiger charge is -2.33. The third kappa shape index (κ3) is 2.63. The topological polar surface area (TPSA) is 57.4 Å². The van der Waals surface area contributed by atoms with E-state index in [1.165, 1.54) is 0 Å². The number of hydrogen-bond acceptors (Lipinski definition) is 5. The molecule has 1 saturated heterocycles. The first-order valence-corrected chi connectivity index (χ1v) is 6.05. The lowest BCUT2D eigenvalue weighted by molar-refractivity contribution is 0.179. The van der Waals surface area contributed by atoms with Gasteiger partial charge in [0.25, 0.3) is 0 Å². The average molecular weight is 286 g/mol. The quantitative estimate of drug-likeness (QED) is 0.849. The Kier molecular flexibility index (Phi) is 3.63. The molecular weight excluding hydrogens is 270 g/mol. The van der Waals surface area contributed by atoms with Crippen molar-refractivity contribution < 1.29 is 0 Å². The molecule has 0 spiro atoms. The number of nitrogens with one attached hydrogen (secondary N) is 1. The van der Waals surface area contributed by atoms with Crippen molar-refractivity contribution in [3.63, 3.8) is 0 Å². The molecule has 1 aromatic heterocycles. The Hall–Kier alpha value is -0.850. The number of nitrogens with two attached hydrogens (primary N) is 1. The van der Waals surface area contributed by atoms with Gasteiger partial charge in [0.05, 0.1) is 22.0 Å². The smallest absolute Gasteiger partial charge is 0.0895 e.